The van der Waals surface area contributed by atoms with Crippen LogP contribution < -0.4 is 15.4 Å². The molecule has 1 saturated heterocycles. The topological polar surface area (TPSA) is 124 Å². The summed E-state index contributed by atoms with van der Waals surface area (Å²) in [4.78, 5) is 43.4. The number of aromatic nitrogens is 1. The molecular formula is C25H25Cl2N5O5. The van der Waals surface area contributed by atoms with Gasteiger partial charge in [0.2, 0.25) is 0 Å². The molecule has 0 bridgehead atoms. The number of benzene rings is 1. The number of carboxylic acid groups (broad SMARTS) is 1. The van der Waals surface area contributed by atoms with Crippen molar-refractivity contribution in [1.82, 2.24) is 20.1 Å². The summed E-state index contributed by atoms with van der Waals surface area (Å²) in [5.74, 6) is 0.00605. The van der Waals surface area contributed by atoms with Crippen LogP contribution in [0.5, 0.6) is 11.5 Å². The van der Waals surface area contributed by atoms with Crippen molar-refractivity contribution in [2.45, 2.75) is 26.1 Å². The van der Waals surface area contributed by atoms with Crippen LogP contribution in [-0.2, 0) is 4.79 Å². The van der Waals surface area contributed by atoms with Crippen molar-refractivity contribution >= 4 is 46.9 Å². The predicted molar refractivity (Wildman–Crippen MR) is 139 cm³/mol. The van der Waals surface area contributed by atoms with E-state index < -0.39 is 24.3 Å². The number of hydrogen-bond acceptors (Lipinski definition) is 6. The Kier molecular flexibility index (Phi) is 8.20. The third-order valence-corrected chi connectivity index (χ3v) is 6.31. The lowest BCUT2D eigenvalue weighted by Gasteiger charge is -2.42. The van der Waals surface area contributed by atoms with Gasteiger partial charge in [-0.15, -0.1) is 0 Å². The minimum absolute atomic E-state index is 0.0308. The van der Waals surface area contributed by atoms with Gasteiger partial charge in [0.1, 0.15) is 16.7 Å². The molecule has 2 atom stereocenters. The van der Waals surface area contributed by atoms with Crippen molar-refractivity contribution in [2.75, 3.05) is 18.4 Å². The van der Waals surface area contributed by atoms with Gasteiger partial charge in [0.05, 0.1) is 6.42 Å². The first-order valence-electron chi connectivity index (χ1n) is 11.5. The lowest BCUT2D eigenvalue weighted by molar-refractivity contribution is -0.137. The maximum Gasteiger partial charge on any atom is 0.331 e. The molecule has 1 aliphatic carbocycles. The lowest BCUT2D eigenvalue weighted by atomic mass is 10.00. The molecule has 4 amide bonds. The molecule has 0 radical (unpaired) electrons. The molecule has 4 rings (SSSR count). The number of amides is 4. The number of aryl methyl sites for hydroxylation is 1. The van der Waals surface area contributed by atoms with Crippen LogP contribution >= 0.6 is 23.2 Å². The summed E-state index contributed by atoms with van der Waals surface area (Å²) in [5.41, 5.74) is 1.44. The molecule has 0 spiro atoms. The number of nitrogens with zero attached hydrogens (tertiary/aromatic N) is 3. The van der Waals surface area contributed by atoms with Crippen LogP contribution in [-0.4, -0.2) is 57.3 Å². The molecule has 12 heteroatoms. The number of ether oxygens (including phenoxy) is 1. The first-order valence-corrected chi connectivity index (χ1v) is 12.3. The summed E-state index contributed by atoms with van der Waals surface area (Å²) < 4.78 is 5.89. The van der Waals surface area contributed by atoms with E-state index in [4.69, 9.17) is 33.0 Å². The van der Waals surface area contributed by atoms with E-state index in [0.29, 0.717) is 33.8 Å². The van der Waals surface area contributed by atoms with Crippen LogP contribution in [0, 0.1) is 12.8 Å². The van der Waals surface area contributed by atoms with Crippen molar-refractivity contribution < 1.29 is 24.2 Å². The Labute approximate surface area is 223 Å². The number of carboxylic acids is 1. The van der Waals surface area contributed by atoms with E-state index in [-0.39, 0.29) is 25.4 Å². The van der Waals surface area contributed by atoms with Crippen molar-refractivity contribution in [1.29, 1.82) is 0 Å². The molecule has 0 saturated carbocycles. The molecule has 194 valence electrons. The molecule has 3 N–H and O–H groups in total. The Morgan fingerprint density at radius 2 is 2.08 bits per heavy atom. The van der Waals surface area contributed by atoms with Crippen LogP contribution in [0.1, 0.15) is 18.4 Å². The number of nitrogens with one attached hydrogen (secondary N) is 2. The van der Waals surface area contributed by atoms with Gasteiger partial charge in [-0.25, -0.2) is 19.5 Å². The van der Waals surface area contributed by atoms with Crippen LogP contribution in [0.3, 0.4) is 0 Å². The highest BCUT2D eigenvalue weighted by Crippen LogP contribution is 2.29. The van der Waals surface area contributed by atoms with Crippen LogP contribution in [0.2, 0.25) is 5.15 Å². The van der Waals surface area contributed by atoms with Crippen LogP contribution in [0.4, 0.5) is 15.3 Å². The quantitative estimate of drug-likeness (QED) is 0.372. The third-order valence-electron chi connectivity index (χ3n) is 5.82. The monoisotopic (exact) mass is 545 g/mol. The largest absolute Gasteiger partial charge is 0.481 e. The second-order valence-corrected chi connectivity index (χ2v) is 9.39. The second kappa shape index (κ2) is 11.5. The van der Waals surface area contributed by atoms with Gasteiger partial charge >= 0.3 is 18.0 Å². The average molecular weight is 546 g/mol. The zero-order valence-corrected chi connectivity index (χ0v) is 21.4. The molecule has 1 fully saturated rings. The summed E-state index contributed by atoms with van der Waals surface area (Å²) >= 11 is 12.0. The van der Waals surface area contributed by atoms with E-state index in [9.17, 15) is 14.4 Å². The normalized spacial score (nSPS) is 19.4. The first kappa shape index (κ1) is 26.3. The van der Waals surface area contributed by atoms with E-state index in [2.05, 4.69) is 15.6 Å². The van der Waals surface area contributed by atoms with Gasteiger partial charge in [-0.3, -0.25) is 15.0 Å². The van der Waals surface area contributed by atoms with Crippen molar-refractivity contribution in [2.24, 2.45) is 5.92 Å². The smallest absolute Gasteiger partial charge is 0.331 e. The van der Waals surface area contributed by atoms with Gasteiger partial charge < -0.3 is 15.2 Å². The van der Waals surface area contributed by atoms with E-state index >= 15 is 0 Å². The van der Waals surface area contributed by atoms with E-state index in [0.717, 1.165) is 10.5 Å². The van der Waals surface area contributed by atoms with Crippen LogP contribution in [0.15, 0.2) is 59.8 Å². The predicted octanol–water partition coefficient (Wildman–Crippen LogP) is 5.15. The number of rotatable bonds is 9. The Morgan fingerprint density at radius 1 is 1.27 bits per heavy atom. The molecule has 2 unspecified atom stereocenters. The van der Waals surface area contributed by atoms with Crippen molar-refractivity contribution in [3.8, 4) is 11.5 Å². The van der Waals surface area contributed by atoms with Gasteiger partial charge in [-0.2, -0.15) is 0 Å². The number of aliphatic carboxylic acids is 1. The molecule has 1 aliphatic heterocycles. The zero-order chi connectivity index (χ0) is 26.5. The lowest BCUT2D eigenvalue weighted by Crippen LogP contribution is -2.68. The van der Waals surface area contributed by atoms with Gasteiger partial charge in [0.15, 0.2) is 6.29 Å². The maximum absolute atomic E-state index is 13.3. The molecule has 10 nitrogen and oxygen atoms in total. The van der Waals surface area contributed by atoms with Crippen LogP contribution in [0.25, 0.3) is 0 Å². The molecule has 37 heavy (non-hydrogen) atoms. The highest BCUT2D eigenvalue weighted by molar-refractivity contribution is 6.31. The Hall–Kier alpha value is -3.76. The Bertz CT molecular complexity index is 1270. The number of carbonyl (C=O) groups excluding carboxylic acids is 2. The summed E-state index contributed by atoms with van der Waals surface area (Å²) in [6.07, 6.45) is 6.50. The molecule has 1 aromatic heterocycles. The number of imide groups is 1. The fraction of sp³-hybridized carbons (Fsp3) is 0.280. The van der Waals surface area contributed by atoms with E-state index in [1.807, 2.05) is 25.1 Å². The summed E-state index contributed by atoms with van der Waals surface area (Å²) in [6, 6.07) is 7.39. The summed E-state index contributed by atoms with van der Waals surface area (Å²) in [7, 11) is 0. The SMILES string of the molecule is Cc1cc(NC2NC(=O)N(CCC(=O)O)C(=O)N2CC2C=CC(Cl)=CC2)ccc1Oc1ccnc(Cl)c1. The number of halogens is 2. The highest BCUT2D eigenvalue weighted by atomic mass is 35.5. The molecular weight excluding hydrogens is 521 g/mol. The van der Waals surface area contributed by atoms with E-state index in [1.165, 1.54) is 4.90 Å². The number of pyridine rings is 1. The fourth-order valence-electron chi connectivity index (χ4n) is 3.94. The van der Waals surface area contributed by atoms with Gasteiger partial charge in [0, 0.05) is 36.1 Å². The summed E-state index contributed by atoms with van der Waals surface area (Å²) in [5, 5.41) is 15.9. The van der Waals surface area contributed by atoms with Crippen molar-refractivity contribution in [3.63, 3.8) is 0 Å². The van der Waals surface area contributed by atoms with Gasteiger partial charge in [0.25, 0.3) is 0 Å². The number of allylic oxidation sites excluding steroid dienone is 3. The van der Waals surface area contributed by atoms with Gasteiger partial charge in [-0.05, 0) is 55.2 Å². The number of hydrogen-bond donors (Lipinski definition) is 3. The molecule has 2 aliphatic rings. The summed E-state index contributed by atoms with van der Waals surface area (Å²) in [6.45, 7) is 1.91. The standard InChI is InChI=1S/C25H25Cl2N5O5/c1-15-12-18(6-7-20(15)37-19-8-10-28-21(27)13-19)29-23-30-24(35)31(11-9-22(33)34)25(36)32(23)14-16-2-4-17(26)5-3-16/h2,4-8,10,12-13,16,23,29H,3,9,11,14H2,1H3,(H,30,35)(H,33,34). The minimum atomic E-state index is -1.10. The highest BCUT2D eigenvalue weighted by Gasteiger charge is 2.39. The zero-order valence-electron chi connectivity index (χ0n) is 19.9. The average Bonchev–Trinajstić information content (AvgIpc) is 2.84. The molecule has 1 aromatic carbocycles. The number of urea groups is 2. The first-order chi connectivity index (χ1) is 17.7. The van der Waals surface area contributed by atoms with E-state index in [1.54, 1.807) is 36.5 Å². The Morgan fingerprint density at radius 3 is 2.76 bits per heavy atom. The van der Waals surface area contributed by atoms with Gasteiger partial charge in [-0.1, -0.05) is 35.4 Å². The second-order valence-electron chi connectivity index (χ2n) is 8.57. The number of carbonyl (C=O) groups is 3. The van der Waals surface area contributed by atoms with Crippen molar-refractivity contribution in [3.05, 3.63) is 70.5 Å². The minimum Gasteiger partial charge on any atom is -0.481 e. The fourth-order valence-corrected chi connectivity index (χ4v) is 4.27. The molecule has 2 heterocycles. The third kappa shape index (κ3) is 6.72. The maximum atomic E-state index is 13.3. The number of anilines is 1. The molecule has 2 aromatic rings. The Balaban J connectivity index is 1.52.